The number of H-pyrrole nitrogens is 1. The van der Waals surface area contributed by atoms with E-state index in [-0.39, 0.29) is 0 Å². The molecule has 46 valence electrons. The lowest BCUT2D eigenvalue weighted by atomic mass is 10.5. The van der Waals surface area contributed by atoms with Gasteiger partial charge in [0.25, 0.3) is 0 Å². The molecule has 1 aromatic heterocycles. The number of hydrogen-bond acceptors (Lipinski definition) is 1. The summed E-state index contributed by atoms with van der Waals surface area (Å²) >= 11 is 2.19. The lowest BCUT2D eigenvalue weighted by Gasteiger charge is -1.79. The number of aromatic amines is 1. The average molecular weight is 232 g/mol. The van der Waals surface area contributed by atoms with Crippen molar-refractivity contribution in [1.82, 2.24) is 4.98 Å². The van der Waals surface area contributed by atoms with Gasteiger partial charge in [0.05, 0.1) is 0 Å². The van der Waals surface area contributed by atoms with E-state index in [1.165, 1.54) is 0 Å². The minimum absolute atomic E-state index is 0.636. The first-order chi connectivity index (χ1) is 4.24. The van der Waals surface area contributed by atoms with E-state index < -0.39 is 0 Å². The van der Waals surface area contributed by atoms with Crippen molar-refractivity contribution < 1.29 is 0 Å². The maximum atomic E-state index is 8.39. The first-order valence-electron chi connectivity index (χ1n) is 2.49. The quantitative estimate of drug-likeness (QED) is 0.680. The van der Waals surface area contributed by atoms with Gasteiger partial charge in [0, 0.05) is 9.26 Å². The van der Waals surface area contributed by atoms with Crippen LogP contribution in [-0.2, 0) is 0 Å². The molecule has 1 N–H and O–H groups in total. The van der Waals surface area contributed by atoms with Crippen LogP contribution < -0.4 is 0 Å². The summed E-state index contributed by atoms with van der Waals surface area (Å²) in [6, 6.07) is 3.86. The molecular weight excluding hydrogens is 227 g/mol. The number of nitriles is 1. The highest BCUT2D eigenvalue weighted by atomic mass is 127. The second-order valence-corrected chi connectivity index (χ2v) is 2.93. The summed E-state index contributed by atoms with van der Waals surface area (Å²) in [5.74, 6) is 0. The van der Waals surface area contributed by atoms with Crippen LogP contribution in [0.1, 0.15) is 11.4 Å². The van der Waals surface area contributed by atoms with Gasteiger partial charge in [-0.3, -0.25) is 0 Å². The number of nitrogens with one attached hydrogen (secondary N) is 1. The number of aromatic nitrogens is 1. The van der Waals surface area contributed by atoms with Crippen LogP contribution in [0.25, 0.3) is 0 Å². The van der Waals surface area contributed by atoms with Crippen LogP contribution in [0.5, 0.6) is 0 Å². The lowest BCUT2D eigenvalue weighted by molar-refractivity contribution is 1.22. The first kappa shape index (κ1) is 6.62. The van der Waals surface area contributed by atoms with Crippen molar-refractivity contribution in [2.75, 3.05) is 0 Å². The van der Waals surface area contributed by atoms with Crippen molar-refractivity contribution in [2.45, 2.75) is 6.92 Å². The van der Waals surface area contributed by atoms with Gasteiger partial charge < -0.3 is 4.98 Å². The van der Waals surface area contributed by atoms with Gasteiger partial charge in [0.15, 0.2) is 0 Å². The number of hydrogen-bond donors (Lipinski definition) is 1. The smallest absolute Gasteiger partial charge is 0.118 e. The van der Waals surface area contributed by atoms with Crippen molar-refractivity contribution in [2.24, 2.45) is 0 Å². The number of nitrogens with zero attached hydrogens (tertiary/aromatic N) is 1. The number of halogens is 1. The zero-order valence-corrected chi connectivity index (χ0v) is 7.06. The molecule has 1 heterocycles. The second-order valence-electron chi connectivity index (χ2n) is 1.77. The van der Waals surface area contributed by atoms with E-state index in [2.05, 4.69) is 27.6 Å². The van der Waals surface area contributed by atoms with Crippen LogP contribution in [0.3, 0.4) is 0 Å². The van der Waals surface area contributed by atoms with Gasteiger partial charge >= 0.3 is 0 Å². The highest BCUT2D eigenvalue weighted by molar-refractivity contribution is 14.1. The Morgan fingerprint density at radius 3 is 2.67 bits per heavy atom. The molecule has 0 fully saturated rings. The largest absolute Gasteiger partial charge is 0.350 e. The topological polar surface area (TPSA) is 39.6 Å². The van der Waals surface area contributed by atoms with Gasteiger partial charge in [-0.25, -0.2) is 0 Å². The molecule has 9 heavy (non-hydrogen) atoms. The zero-order chi connectivity index (χ0) is 6.85. The van der Waals surface area contributed by atoms with Crippen LogP contribution in [-0.4, -0.2) is 4.98 Å². The normalized spacial score (nSPS) is 9.00. The fourth-order valence-corrected chi connectivity index (χ4v) is 1.04. The van der Waals surface area contributed by atoms with Gasteiger partial charge in [-0.15, -0.1) is 0 Å². The molecule has 0 aromatic carbocycles. The van der Waals surface area contributed by atoms with Crippen molar-refractivity contribution in [3.8, 4) is 6.07 Å². The van der Waals surface area contributed by atoms with E-state index in [0.29, 0.717) is 5.69 Å². The number of rotatable bonds is 0. The summed E-state index contributed by atoms with van der Waals surface area (Å²) in [6.07, 6.45) is 0. The summed E-state index contributed by atoms with van der Waals surface area (Å²) in [4.78, 5) is 2.93. The van der Waals surface area contributed by atoms with Gasteiger partial charge in [-0.1, -0.05) is 0 Å². The summed E-state index contributed by atoms with van der Waals surface area (Å²) in [5, 5.41) is 8.39. The molecule has 0 unspecified atom stereocenters. The minimum atomic E-state index is 0.636. The van der Waals surface area contributed by atoms with E-state index in [9.17, 15) is 0 Å². The fourth-order valence-electron chi connectivity index (χ4n) is 0.593. The maximum Gasteiger partial charge on any atom is 0.118 e. The molecule has 3 heteroatoms. The van der Waals surface area contributed by atoms with Crippen molar-refractivity contribution in [3.63, 3.8) is 0 Å². The van der Waals surface area contributed by atoms with E-state index in [4.69, 9.17) is 5.26 Å². The molecular formula is C6H5IN2. The van der Waals surface area contributed by atoms with E-state index in [1.807, 2.05) is 19.1 Å². The summed E-state index contributed by atoms with van der Waals surface area (Å²) < 4.78 is 1.11. The molecule has 1 rings (SSSR count). The van der Waals surface area contributed by atoms with Crippen molar-refractivity contribution >= 4 is 22.6 Å². The predicted octanol–water partition coefficient (Wildman–Crippen LogP) is 1.80. The number of aryl methyl sites for hydroxylation is 1. The Morgan fingerprint density at radius 1 is 1.78 bits per heavy atom. The van der Waals surface area contributed by atoms with Gasteiger partial charge in [-0.05, 0) is 35.6 Å². The minimum Gasteiger partial charge on any atom is -0.350 e. The van der Waals surface area contributed by atoms with E-state index >= 15 is 0 Å². The Balaban J connectivity index is 3.16. The third kappa shape index (κ3) is 1.24. The monoisotopic (exact) mass is 232 g/mol. The van der Waals surface area contributed by atoms with Crippen molar-refractivity contribution in [1.29, 1.82) is 5.26 Å². The molecule has 0 atom stereocenters. The molecule has 0 amide bonds. The summed E-state index contributed by atoms with van der Waals surface area (Å²) in [5.41, 5.74) is 1.70. The summed E-state index contributed by atoms with van der Waals surface area (Å²) in [6.45, 7) is 1.95. The molecule has 0 radical (unpaired) electrons. The van der Waals surface area contributed by atoms with Crippen LogP contribution in [0.15, 0.2) is 6.07 Å². The Bertz CT molecular complexity index is 237. The Labute approximate surface area is 67.0 Å². The standard InChI is InChI=1S/C6H5IN2/c1-4-6(7)2-5(3-8)9-4/h2,9H,1H3. The van der Waals surface area contributed by atoms with E-state index in [0.717, 1.165) is 9.26 Å². The highest BCUT2D eigenvalue weighted by Gasteiger charge is 1.97. The average Bonchev–Trinajstić information content (AvgIpc) is 2.13. The second kappa shape index (κ2) is 2.40. The van der Waals surface area contributed by atoms with Crippen LogP contribution >= 0.6 is 22.6 Å². The Kier molecular flexibility index (Phi) is 1.76. The van der Waals surface area contributed by atoms with Crippen LogP contribution in [0.2, 0.25) is 0 Å². The molecule has 0 saturated carbocycles. The molecule has 0 spiro atoms. The van der Waals surface area contributed by atoms with Gasteiger partial charge in [0.2, 0.25) is 0 Å². The maximum absolute atomic E-state index is 8.39. The van der Waals surface area contributed by atoms with E-state index in [1.54, 1.807) is 0 Å². The van der Waals surface area contributed by atoms with Gasteiger partial charge in [-0.2, -0.15) is 5.26 Å². The molecule has 0 saturated heterocycles. The predicted molar refractivity (Wildman–Crippen MR) is 43.0 cm³/mol. The molecule has 0 aliphatic heterocycles. The Morgan fingerprint density at radius 2 is 2.44 bits per heavy atom. The van der Waals surface area contributed by atoms with Crippen LogP contribution in [0, 0.1) is 21.8 Å². The van der Waals surface area contributed by atoms with Crippen LogP contribution in [0.4, 0.5) is 0 Å². The van der Waals surface area contributed by atoms with Gasteiger partial charge in [0.1, 0.15) is 11.8 Å². The third-order valence-electron chi connectivity index (χ3n) is 1.07. The SMILES string of the molecule is Cc1[nH]c(C#N)cc1I. The third-order valence-corrected chi connectivity index (χ3v) is 2.19. The summed E-state index contributed by atoms with van der Waals surface area (Å²) in [7, 11) is 0. The molecule has 1 aromatic rings. The Hall–Kier alpha value is -0.500. The molecule has 0 bridgehead atoms. The highest BCUT2D eigenvalue weighted by Crippen LogP contribution is 2.10. The molecule has 0 aliphatic rings. The molecule has 2 nitrogen and oxygen atoms in total. The first-order valence-corrected chi connectivity index (χ1v) is 3.57. The zero-order valence-electron chi connectivity index (χ0n) is 4.90. The lowest BCUT2D eigenvalue weighted by Crippen LogP contribution is -1.72. The molecule has 0 aliphatic carbocycles. The fraction of sp³-hybridized carbons (Fsp3) is 0.167. The van der Waals surface area contributed by atoms with Crippen molar-refractivity contribution in [3.05, 3.63) is 21.0 Å².